The largest absolute Gasteiger partial charge is 0.365 e. The van der Waals surface area contributed by atoms with Crippen LogP contribution in [0.3, 0.4) is 0 Å². The number of primary amides is 1. The van der Waals surface area contributed by atoms with Crippen LogP contribution in [0.15, 0.2) is 11.4 Å². The molecule has 1 saturated heterocycles. The number of hydrogen-bond donors (Lipinski definition) is 3. The smallest absolute Gasteiger partial charge is 0.325 e. The van der Waals surface area contributed by atoms with Gasteiger partial charge in [0.1, 0.15) is 17.1 Å². The van der Waals surface area contributed by atoms with Crippen molar-refractivity contribution in [2.24, 2.45) is 5.73 Å². The number of nitrogens with two attached hydrogens (primary N) is 1. The molecular weight excluding hydrogens is 436 g/mol. The number of nitrogens with zero attached hydrogens (tertiary/aromatic N) is 1. The molecule has 4 N–H and O–H groups in total. The quantitative estimate of drug-likeness (QED) is 0.610. The highest BCUT2D eigenvalue weighted by molar-refractivity contribution is 7.17. The van der Waals surface area contributed by atoms with Crippen LogP contribution in [0, 0.1) is 0 Å². The second kappa shape index (κ2) is 7.45. The summed E-state index contributed by atoms with van der Waals surface area (Å²) in [6.07, 6.45) is 5.83. The van der Waals surface area contributed by atoms with Crippen molar-refractivity contribution in [2.75, 3.05) is 11.9 Å². The van der Waals surface area contributed by atoms with Crippen molar-refractivity contribution < 1.29 is 19.2 Å². The van der Waals surface area contributed by atoms with Crippen molar-refractivity contribution in [1.29, 1.82) is 0 Å². The Morgan fingerprint density at radius 1 is 1.16 bits per heavy atom. The van der Waals surface area contributed by atoms with Crippen LogP contribution in [-0.4, -0.2) is 35.2 Å². The lowest BCUT2D eigenvalue weighted by molar-refractivity contribution is -0.134. The van der Waals surface area contributed by atoms with E-state index < -0.39 is 35.8 Å². The molecule has 2 aromatic rings. The Labute approximate surface area is 186 Å². The Kier molecular flexibility index (Phi) is 4.86. The molecule has 8 nitrogen and oxygen atoms in total. The molecule has 31 heavy (non-hydrogen) atoms. The lowest BCUT2D eigenvalue weighted by atomic mass is 9.80. The molecular formula is C21H22N4O4S2. The van der Waals surface area contributed by atoms with Crippen LogP contribution in [0.2, 0.25) is 0 Å². The average molecular weight is 459 g/mol. The van der Waals surface area contributed by atoms with E-state index in [0.717, 1.165) is 64.3 Å². The van der Waals surface area contributed by atoms with E-state index in [1.54, 1.807) is 11.3 Å². The number of urea groups is 1. The Morgan fingerprint density at radius 2 is 1.94 bits per heavy atom. The molecule has 0 radical (unpaired) electrons. The van der Waals surface area contributed by atoms with Gasteiger partial charge in [0.15, 0.2) is 0 Å². The molecule has 1 spiro atoms. The molecule has 2 aromatic heterocycles. The Bertz CT molecular complexity index is 1120. The summed E-state index contributed by atoms with van der Waals surface area (Å²) < 4.78 is 0. The zero-order valence-corrected chi connectivity index (χ0v) is 18.4. The van der Waals surface area contributed by atoms with E-state index in [2.05, 4.69) is 10.6 Å². The summed E-state index contributed by atoms with van der Waals surface area (Å²) in [7, 11) is 0. The highest BCUT2D eigenvalue weighted by Gasteiger charge is 2.54. The zero-order valence-electron chi connectivity index (χ0n) is 16.8. The minimum Gasteiger partial charge on any atom is -0.365 e. The maximum atomic E-state index is 13.3. The number of carbonyl (C=O) groups excluding carboxylic acids is 4. The fourth-order valence-electron chi connectivity index (χ4n) is 4.91. The van der Waals surface area contributed by atoms with Gasteiger partial charge < -0.3 is 16.4 Å². The number of thiophene rings is 2. The normalized spacial score (nSPS) is 22.3. The number of fused-ring (bicyclic) bond motifs is 3. The molecule has 0 saturated carbocycles. The molecule has 1 fully saturated rings. The Hall–Kier alpha value is -2.72. The molecule has 5 amide bonds. The lowest BCUT2D eigenvalue weighted by Crippen LogP contribution is -2.46. The van der Waals surface area contributed by atoms with Crippen LogP contribution in [0.5, 0.6) is 0 Å². The van der Waals surface area contributed by atoms with Crippen LogP contribution in [0.4, 0.5) is 9.80 Å². The summed E-state index contributed by atoms with van der Waals surface area (Å²) in [6.45, 7) is -0.410. The van der Waals surface area contributed by atoms with Crippen molar-refractivity contribution in [3.63, 3.8) is 0 Å². The third-order valence-electron chi connectivity index (χ3n) is 6.31. The SMILES string of the molecule is NC(=O)c1c(NC(=O)CN2C(=O)N[C@@]3(CCCc4sccc43)C2=O)sc2c1CCCC2. The van der Waals surface area contributed by atoms with Crippen LogP contribution in [-0.2, 0) is 34.4 Å². The predicted molar refractivity (Wildman–Crippen MR) is 117 cm³/mol. The summed E-state index contributed by atoms with van der Waals surface area (Å²) in [6, 6.07) is 1.32. The first-order valence-corrected chi connectivity index (χ1v) is 12.1. The van der Waals surface area contributed by atoms with Crippen LogP contribution in [0.25, 0.3) is 0 Å². The highest BCUT2D eigenvalue weighted by Crippen LogP contribution is 2.42. The first-order valence-electron chi connectivity index (χ1n) is 10.4. The number of nitrogens with one attached hydrogen (secondary N) is 2. The predicted octanol–water partition coefficient (Wildman–Crippen LogP) is 2.51. The molecule has 2 aliphatic carbocycles. The van der Waals surface area contributed by atoms with E-state index in [1.165, 1.54) is 11.3 Å². The summed E-state index contributed by atoms with van der Waals surface area (Å²) >= 11 is 2.94. The van der Waals surface area contributed by atoms with Crippen molar-refractivity contribution in [3.05, 3.63) is 37.9 Å². The molecule has 3 aliphatic rings. The summed E-state index contributed by atoms with van der Waals surface area (Å²) in [4.78, 5) is 53.9. The monoisotopic (exact) mass is 458 g/mol. The molecule has 3 heterocycles. The minimum absolute atomic E-state index is 0.358. The number of aryl methyl sites for hydroxylation is 2. The van der Waals surface area contributed by atoms with Crippen LogP contribution < -0.4 is 16.4 Å². The van der Waals surface area contributed by atoms with E-state index in [9.17, 15) is 19.2 Å². The van der Waals surface area contributed by atoms with Gasteiger partial charge in [-0.15, -0.1) is 22.7 Å². The van der Waals surface area contributed by atoms with Gasteiger partial charge in [0.05, 0.1) is 5.56 Å². The second-order valence-electron chi connectivity index (χ2n) is 8.17. The van der Waals surface area contributed by atoms with E-state index >= 15 is 0 Å². The maximum absolute atomic E-state index is 13.3. The van der Waals surface area contributed by atoms with Gasteiger partial charge in [-0.05, 0) is 62.0 Å². The number of anilines is 1. The van der Waals surface area contributed by atoms with Gasteiger partial charge in [0.2, 0.25) is 5.91 Å². The average Bonchev–Trinajstić information content (AvgIpc) is 3.40. The Balaban J connectivity index is 1.37. The standard InChI is InChI=1S/C21H22N4O4S2/c22-17(27)16-11-4-1-2-5-13(11)31-18(16)23-15(26)10-25-19(28)21(24-20(25)29)8-3-6-14-12(21)7-9-30-14/h7,9H,1-6,8,10H2,(H2,22,27)(H,23,26)(H,24,29)/t21-/m1/s1. The highest BCUT2D eigenvalue weighted by atomic mass is 32.1. The first kappa shape index (κ1) is 20.2. The van der Waals surface area contributed by atoms with Crippen molar-refractivity contribution in [3.8, 4) is 0 Å². The molecule has 5 rings (SSSR count). The second-order valence-corrected chi connectivity index (χ2v) is 10.3. The fourth-order valence-corrected chi connectivity index (χ4v) is 7.22. The number of carbonyl (C=O) groups is 4. The van der Waals surface area contributed by atoms with E-state index in [0.29, 0.717) is 17.0 Å². The molecule has 0 bridgehead atoms. The van der Waals surface area contributed by atoms with Gasteiger partial charge in [-0.25, -0.2) is 4.79 Å². The van der Waals surface area contributed by atoms with Gasteiger partial charge in [-0.1, -0.05) is 0 Å². The zero-order chi connectivity index (χ0) is 21.8. The van der Waals surface area contributed by atoms with Gasteiger partial charge in [-0.3, -0.25) is 19.3 Å². The Morgan fingerprint density at radius 3 is 2.74 bits per heavy atom. The van der Waals surface area contributed by atoms with Crippen molar-refractivity contribution in [1.82, 2.24) is 10.2 Å². The maximum Gasteiger partial charge on any atom is 0.325 e. The van der Waals surface area contributed by atoms with Crippen LogP contribution in [0.1, 0.15) is 56.9 Å². The summed E-state index contributed by atoms with van der Waals surface area (Å²) in [5.41, 5.74) is 6.62. The van der Waals surface area contributed by atoms with Gasteiger partial charge in [-0.2, -0.15) is 0 Å². The van der Waals surface area contributed by atoms with Crippen molar-refractivity contribution in [2.45, 2.75) is 50.5 Å². The third-order valence-corrected chi connectivity index (χ3v) is 8.50. The third kappa shape index (κ3) is 3.16. The van der Waals surface area contributed by atoms with Gasteiger partial charge >= 0.3 is 6.03 Å². The summed E-state index contributed by atoms with van der Waals surface area (Å²) in [5, 5.41) is 7.91. The number of hydrogen-bond acceptors (Lipinski definition) is 6. The molecule has 0 aromatic carbocycles. The fraction of sp³-hybridized carbons (Fsp3) is 0.429. The summed E-state index contributed by atoms with van der Waals surface area (Å²) in [5.74, 6) is -1.49. The van der Waals surface area contributed by atoms with E-state index in [1.807, 2.05) is 11.4 Å². The molecule has 0 unspecified atom stereocenters. The van der Waals surface area contributed by atoms with E-state index in [-0.39, 0.29) is 0 Å². The van der Waals surface area contributed by atoms with Gasteiger partial charge in [0.25, 0.3) is 11.8 Å². The molecule has 10 heteroatoms. The lowest BCUT2D eigenvalue weighted by Gasteiger charge is -2.31. The molecule has 1 aliphatic heterocycles. The van der Waals surface area contributed by atoms with Gasteiger partial charge in [0, 0.05) is 15.3 Å². The topological polar surface area (TPSA) is 122 Å². The van der Waals surface area contributed by atoms with Crippen LogP contribution >= 0.6 is 22.7 Å². The van der Waals surface area contributed by atoms with E-state index in [4.69, 9.17) is 5.73 Å². The number of amides is 5. The molecule has 162 valence electrons. The molecule has 1 atom stereocenters. The first-order chi connectivity index (χ1) is 14.9. The van der Waals surface area contributed by atoms with Crippen molar-refractivity contribution >= 4 is 51.4 Å². The number of imide groups is 1. The minimum atomic E-state index is -1.08. The number of rotatable bonds is 4.